The molecule has 0 saturated carbocycles. The van der Waals surface area contributed by atoms with Crippen molar-refractivity contribution in [3.8, 4) is 11.4 Å². The molecular formula is C12H10N2O4. The van der Waals surface area contributed by atoms with Gasteiger partial charge in [0, 0.05) is 0 Å². The third kappa shape index (κ3) is 2.08. The number of benzene rings is 1. The first-order valence-electron chi connectivity index (χ1n) is 5.12. The minimum Gasteiger partial charge on any atom is -0.503 e. The van der Waals surface area contributed by atoms with Crippen LogP contribution < -0.4 is 5.43 Å². The molecule has 0 aliphatic carbocycles. The number of aryl methyl sites for hydroxylation is 1. The normalized spacial score (nSPS) is 10.3. The summed E-state index contributed by atoms with van der Waals surface area (Å²) < 4.78 is 1.15. The van der Waals surface area contributed by atoms with E-state index in [0.717, 1.165) is 16.4 Å². The van der Waals surface area contributed by atoms with E-state index < -0.39 is 22.8 Å². The second-order valence-electron chi connectivity index (χ2n) is 3.78. The fourth-order valence-corrected chi connectivity index (χ4v) is 1.45. The first kappa shape index (κ1) is 11.8. The highest BCUT2D eigenvalue weighted by Crippen LogP contribution is 2.10. The van der Waals surface area contributed by atoms with Gasteiger partial charge in [0.1, 0.15) is 0 Å². The minimum absolute atomic E-state index is 0.554. The van der Waals surface area contributed by atoms with Crippen LogP contribution >= 0.6 is 0 Å². The summed E-state index contributed by atoms with van der Waals surface area (Å²) in [5.41, 5.74) is -0.123. The van der Waals surface area contributed by atoms with Gasteiger partial charge in [0.2, 0.25) is 5.69 Å². The third-order valence-corrected chi connectivity index (χ3v) is 2.40. The summed E-state index contributed by atoms with van der Waals surface area (Å²) in [6, 6.07) is 7.04. The number of carboxylic acids is 1. The summed E-state index contributed by atoms with van der Waals surface area (Å²) in [6.07, 6.45) is 1.08. The van der Waals surface area contributed by atoms with Crippen molar-refractivity contribution < 1.29 is 15.0 Å². The number of hydrogen-bond acceptors (Lipinski definition) is 4. The van der Waals surface area contributed by atoms with Crippen molar-refractivity contribution in [2.24, 2.45) is 0 Å². The lowest BCUT2D eigenvalue weighted by Crippen LogP contribution is -2.20. The van der Waals surface area contributed by atoms with E-state index >= 15 is 0 Å². The van der Waals surface area contributed by atoms with Crippen molar-refractivity contribution >= 4 is 5.97 Å². The average molecular weight is 246 g/mol. The zero-order chi connectivity index (χ0) is 13.3. The third-order valence-electron chi connectivity index (χ3n) is 2.40. The highest BCUT2D eigenvalue weighted by Gasteiger charge is 2.15. The second kappa shape index (κ2) is 4.33. The van der Waals surface area contributed by atoms with Crippen LogP contribution in [0.5, 0.6) is 5.75 Å². The minimum atomic E-state index is -1.48. The van der Waals surface area contributed by atoms with Gasteiger partial charge >= 0.3 is 5.97 Å². The van der Waals surface area contributed by atoms with Gasteiger partial charge < -0.3 is 10.2 Å². The van der Waals surface area contributed by atoms with Crippen molar-refractivity contribution in [3.63, 3.8) is 0 Å². The van der Waals surface area contributed by atoms with E-state index in [1.165, 1.54) is 0 Å². The zero-order valence-electron chi connectivity index (χ0n) is 9.49. The Hall–Kier alpha value is -2.63. The Morgan fingerprint density at radius 2 is 1.89 bits per heavy atom. The Kier molecular flexibility index (Phi) is 2.85. The van der Waals surface area contributed by atoms with Gasteiger partial charge in [0.05, 0.1) is 11.9 Å². The molecule has 2 aromatic rings. The molecule has 2 N–H and O–H groups in total. The molecule has 0 aliphatic rings. The number of aromatic carboxylic acids is 1. The van der Waals surface area contributed by atoms with E-state index in [0.29, 0.717) is 5.69 Å². The molecule has 0 spiro atoms. The highest BCUT2D eigenvalue weighted by atomic mass is 16.4. The molecular weight excluding hydrogens is 236 g/mol. The van der Waals surface area contributed by atoms with Gasteiger partial charge in [-0.3, -0.25) is 4.79 Å². The molecule has 0 bridgehead atoms. The Morgan fingerprint density at radius 1 is 1.28 bits per heavy atom. The monoisotopic (exact) mass is 246 g/mol. The number of hydrogen-bond donors (Lipinski definition) is 2. The second-order valence-corrected chi connectivity index (χ2v) is 3.78. The Labute approximate surface area is 102 Å². The fourth-order valence-electron chi connectivity index (χ4n) is 1.45. The summed E-state index contributed by atoms with van der Waals surface area (Å²) in [7, 11) is 0. The van der Waals surface area contributed by atoms with E-state index in [2.05, 4.69) is 5.10 Å². The first-order valence-corrected chi connectivity index (χ1v) is 5.12. The van der Waals surface area contributed by atoms with Crippen LogP contribution in [-0.2, 0) is 0 Å². The summed E-state index contributed by atoms with van der Waals surface area (Å²) in [4.78, 5) is 22.2. The van der Waals surface area contributed by atoms with Gasteiger partial charge in [-0.05, 0) is 19.1 Å². The molecule has 6 heteroatoms. The Bertz CT molecular complexity index is 659. The summed E-state index contributed by atoms with van der Waals surface area (Å²) in [5, 5.41) is 21.9. The quantitative estimate of drug-likeness (QED) is 0.822. The van der Waals surface area contributed by atoms with Crippen LogP contribution in [0.3, 0.4) is 0 Å². The van der Waals surface area contributed by atoms with E-state index in [-0.39, 0.29) is 0 Å². The number of carboxylic acid groups (broad SMARTS) is 1. The highest BCUT2D eigenvalue weighted by molar-refractivity contribution is 5.85. The topological polar surface area (TPSA) is 92.4 Å². The summed E-state index contributed by atoms with van der Waals surface area (Å²) in [5.74, 6) is -2.13. The van der Waals surface area contributed by atoms with Crippen LogP contribution in [0, 0.1) is 6.92 Å². The molecule has 0 amide bonds. The molecule has 0 fully saturated rings. The molecule has 0 radical (unpaired) electrons. The standard InChI is InChI=1S/C12H10N2O4/c1-7-2-4-8(5-3-7)14-6-9(15)11(16)10(13-14)12(17)18/h2-6,15H,1H3,(H,17,18). The number of aromatic hydroxyl groups is 1. The van der Waals surface area contributed by atoms with Crippen molar-refractivity contribution in [2.75, 3.05) is 0 Å². The number of nitrogens with zero attached hydrogens (tertiary/aromatic N) is 2. The fraction of sp³-hybridized carbons (Fsp3) is 0.0833. The van der Waals surface area contributed by atoms with Crippen molar-refractivity contribution in [1.29, 1.82) is 0 Å². The van der Waals surface area contributed by atoms with Gasteiger partial charge in [0.25, 0.3) is 5.43 Å². The molecule has 1 aromatic carbocycles. The maximum atomic E-state index is 11.3. The average Bonchev–Trinajstić information content (AvgIpc) is 2.33. The molecule has 92 valence electrons. The molecule has 2 rings (SSSR count). The van der Waals surface area contributed by atoms with E-state index in [1.54, 1.807) is 12.1 Å². The molecule has 0 unspecified atom stereocenters. The molecule has 0 saturated heterocycles. The number of rotatable bonds is 2. The van der Waals surface area contributed by atoms with Gasteiger partial charge in [-0.2, -0.15) is 5.10 Å². The molecule has 0 aliphatic heterocycles. The molecule has 18 heavy (non-hydrogen) atoms. The lowest BCUT2D eigenvalue weighted by atomic mass is 10.2. The van der Waals surface area contributed by atoms with E-state index in [9.17, 15) is 14.7 Å². The maximum Gasteiger partial charge on any atom is 0.360 e. The van der Waals surface area contributed by atoms with Crippen LogP contribution in [0.1, 0.15) is 16.1 Å². The first-order chi connectivity index (χ1) is 8.49. The smallest absolute Gasteiger partial charge is 0.360 e. The van der Waals surface area contributed by atoms with Crippen molar-refractivity contribution in [1.82, 2.24) is 9.78 Å². The van der Waals surface area contributed by atoms with Crippen LogP contribution in [0.2, 0.25) is 0 Å². The predicted octanol–water partition coefficient (Wildman–Crippen LogP) is 0.945. The summed E-state index contributed by atoms with van der Waals surface area (Å²) >= 11 is 0. The van der Waals surface area contributed by atoms with Gasteiger partial charge in [0.15, 0.2) is 5.75 Å². The van der Waals surface area contributed by atoms with Gasteiger partial charge in [-0.15, -0.1) is 0 Å². The summed E-state index contributed by atoms with van der Waals surface area (Å²) in [6.45, 7) is 1.91. The van der Waals surface area contributed by atoms with Gasteiger partial charge in [-0.1, -0.05) is 17.7 Å². The van der Waals surface area contributed by atoms with Crippen molar-refractivity contribution in [2.45, 2.75) is 6.92 Å². The van der Waals surface area contributed by atoms with Crippen LogP contribution in [0.15, 0.2) is 35.3 Å². The Balaban J connectivity index is 2.62. The van der Waals surface area contributed by atoms with E-state index in [4.69, 9.17) is 5.11 Å². The van der Waals surface area contributed by atoms with Crippen LogP contribution in [-0.4, -0.2) is 26.0 Å². The molecule has 0 atom stereocenters. The van der Waals surface area contributed by atoms with Crippen LogP contribution in [0.4, 0.5) is 0 Å². The van der Waals surface area contributed by atoms with Crippen molar-refractivity contribution in [3.05, 3.63) is 51.9 Å². The van der Waals surface area contributed by atoms with Gasteiger partial charge in [-0.25, -0.2) is 9.48 Å². The predicted molar refractivity (Wildman–Crippen MR) is 63.2 cm³/mol. The van der Waals surface area contributed by atoms with Crippen LogP contribution in [0.25, 0.3) is 5.69 Å². The molecule has 1 heterocycles. The lowest BCUT2D eigenvalue weighted by molar-refractivity contribution is 0.0686. The Morgan fingerprint density at radius 3 is 2.44 bits per heavy atom. The SMILES string of the molecule is Cc1ccc(-n2cc(O)c(=O)c(C(=O)O)n2)cc1. The molecule has 6 nitrogen and oxygen atoms in total. The zero-order valence-corrected chi connectivity index (χ0v) is 9.49. The maximum absolute atomic E-state index is 11.3. The van der Waals surface area contributed by atoms with E-state index in [1.807, 2.05) is 19.1 Å². The largest absolute Gasteiger partial charge is 0.503 e. The molecule has 1 aromatic heterocycles. The lowest BCUT2D eigenvalue weighted by Gasteiger charge is -2.07. The number of aromatic nitrogens is 2. The number of carbonyl (C=O) groups is 1.